The van der Waals surface area contributed by atoms with Gasteiger partial charge in [-0.25, -0.2) is 13.2 Å². The zero-order chi connectivity index (χ0) is 14.0. The zero-order valence-electron chi connectivity index (χ0n) is 10.2. The van der Waals surface area contributed by atoms with Crippen LogP contribution in [0, 0.1) is 17.5 Å². The van der Waals surface area contributed by atoms with Gasteiger partial charge in [-0.1, -0.05) is 12.1 Å². The summed E-state index contributed by atoms with van der Waals surface area (Å²) in [5.74, 6) is -1.96. The van der Waals surface area contributed by atoms with Crippen LogP contribution in [-0.4, -0.2) is 7.11 Å². The molecule has 0 aromatic heterocycles. The van der Waals surface area contributed by atoms with Gasteiger partial charge in [0.1, 0.15) is 23.2 Å². The second kappa shape index (κ2) is 5.32. The van der Waals surface area contributed by atoms with Crippen LogP contribution >= 0.6 is 0 Å². The molecule has 2 aromatic carbocycles. The molecule has 1 unspecified atom stereocenters. The van der Waals surface area contributed by atoms with Crippen molar-refractivity contribution in [2.45, 2.75) is 6.04 Å². The molecule has 0 saturated heterocycles. The van der Waals surface area contributed by atoms with Gasteiger partial charge in [0, 0.05) is 17.7 Å². The summed E-state index contributed by atoms with van der Waals surface area (Å²) in [5.41, 5.74) is 5.97. The van der Waals surface area contributed by atoms with Gasteiger partial charge in [0.05, 0.1) is 13.2 Å². The summed E-state index contributed by atoms with van der Waals surface area (Å²) >= 11 is 0. The lowest BCUT2D eigenvalue weighted by molar-refractivity contribution is 0.404. The lowest BCUT2D eigenvalue weighted by Gasteiger charge is -2.15. The number of hydrogen-bond donors (Lipinski definition) is 1. The third-order valence-corrected chi connectivity index (χ3v) is 2.83. The Bertz CT molecular complexity index is 561. The minimum absolute atomic E-state index is 0.0741. The minimum Gasteiger partial charge on any atom is -0.497 e. The fourth-order valence-electron chi connectivity index (χ4n) is 1.81. The summed E-state index contributed by atoms with van der Waals surface area (Å²) in [6.45, 7) is 0. The lowest BCUT2D eigenvalue weighted by atomic mass is 9.98. The molecule has 0 bridgehead atoms. The van der Waals surface area contributed by atoms with E-state index in [4.69, 9.17) is 10.5 Å². The van der Waals surface area contributed by atoms with Crippen molar-refractivity contribution in [1.82, 2.24) is 0 Å². The highest BCUT2D eigenvalue weighted by Gasteiger charge is 2.19. The number of hydrogen-bond acceptors (Lipinski definition) is 2. The summed E-state index contributed by atoms with van der Waals surface area (Å²) in [4.78, 5) is 0. The Balaban J connectivity index is 2.44. The first-order valence-electron chi connectivity index (χ1n) is 5.57. The molecular weight excluding hydrogens is 255 g/mol. The Morgan fingerprint density at radius 3 is 2.00 bits per heavy atom. The minimum atomic E-state index is -1.01. The molecule has 100 valence electrons. The molecule has 0 aliphatic carbocycles. The predicted molar refractivity (Wildman–Crippen MR) is 65.3 cm³/mol. The van der Waals surface area contributed by atoms with E-state index in [1.54, 1.807) is 0 Å². The standard InChI is InChI=1S/C14H12F3NO/c1-19-10-6-11(16)13(12(17)7-10)14(18)8-2-4-9(15)5-3-8/h2-7,14H,18H2,1H3. The highest BCUT2D eigenvalue weighted by Crippen LogP contribution is 2.28. The number of benzene rings is 2. The van der Waals surface area contributed by atoms with Crippen LogP contribution in [0.15, 0.2) is 36.4 Å². The van der Waals surface area contributed by atoms with Crippen molar-refractivity contribution in [2.24, 2.45) is 5.73 Å². The SMILES string of the molecule is COc1cc(F)c(C(N)c2ccc(F)cc2)c(F)c1. The average molecular weight is 267 g/mol. The number of nitrogens with two attached hydrogens (primary N) is 1. The van der Waals surface area contributed by atoms with Crippen LogP contribution in [0.25, 0.3) is 0 Å². The third-order valence-electron chi connectivity index (χ3n) is 2.83. The molecule has 19 heavy (non-hydrogen) atoms. The molecule has 2 aromatic rings. The van der Waals surface area contributed by atoms with Crippen LogP contribution in [0.3, 0.4) is 0 Å². The van der Waals surface area contributed by atoms with E-state index in [9.17, 15) is 13.2 Å². The fourth-order valence-corrected chi connectivity index (χ4v) is 1.81. The summed E-state index contributed by atoms with van der Waals surface area (Å²) in [6.07, 6.45) is 0. The first-order valence-corrected chi connectivity index (χ1v) is 5.57. The van der Waals surface area contributed by atoms with E-state index in [1.807, 2.05) is 0 Å². The van der Waals surface area contributed by atoms with E-state index in [2.05, 4.69) is 0 Å². The Labute approximate surface area is 108 Å². The van der Waals surface area contributed by atoms with Crippen molar-refractivity contribution in [3.63, 3.8) is 0 Å². The summed E-state index contributed by atoms with van der Waals surface area (Å²) < 4.78 is 45.2. The monoisotopic (exact) mass is 267 g/mol. The summed E-state index contributed by atoms with van der Waals surface area (Å²) in [6, 6.07) is 6.27. The van der Waals surface area contributed by atoms with E-state index in [-0.39, 0.29) is 11.3 Å². The second-order valence-corrected chi connectivity index (χ2v) is 4.03. The van der Waals surface area contributed by atoms with Gasteiger partial charge in [0.2, 0.25) is 0 Å². The van der Waals surface area contributed by atoms with E-state index in [0.717, 1.165) is 12.1 Å². The molecular formula is C14H12F3NO. The Morgan fingerprint density at radius 2 is 1.53 bits per heavy atom. The quantitative estimate of drug-likeness (QED) is 0.927. The van der Waals surface area contributed by atoms with Gasteiger partial charge < -0.3 is 10.5 Å². The molecule has 2 nitrogen and oxygen atoms in total. The first kappa shape index (κ1) is 13.4. The van der Waals surface area contributed by atoms with Crippen molar-refractivity contribution in [3.05, 3.63) is 65.0 Å². The van der Waals surface area contributed by atoms with Crippen molar-refractivity contribution in [2.75, 3.05) is 7.11 Å². The van der Waals surface area contributed by atoms with Gasteiger partial charge in [0.25, 0.3) is 0 Å². The van der Waals surface area contributed by atoms with Crippen molar-refractivity contribution in [3.8, 4) is 5.75 Å². The van der Waals surface area contributed by atoms with Gasteiger partial charge >= 0.3 is 0 Å². The number of methoxy groups -OCH3 is 1. The van der Waals surface area contributed by atoms with Gasteiger partial charge in [-0.05, 0) is 17.7 Å². The third kappa shape index (κ3) is 2.71. The zero-order valence-corrected chi connectivity index (χ0v) is 10.2. The van der Waals surface area contributed by atoms with Gasteiger partial charge in [0.15, 0.2) is 0 Å². The predicted octanol–water partition coefficient (Wildman–Crippen LogP) is 3.16. The Hall–Kier alpha value is -2.01. The smallest absolute Gasteiger partial charge is 0.134 e. The maximum Gasteiger partial charge on any atom is 0.134 e. The maximum atomic E-state index is 13.8. The number of rotatable bonds is 3. The van der Waals surface area contributed by atoms with Crippen LogP contribution in [0.2, 0.25) is 0 Å². The molecule has 0 spiro atoms. The van der Waals surface area contributed by atoms with E-state index < -0.39 is 23.5 Å². The molecule has 0 aliphatic rings. The molecule has 1 atom stereocenters. The Kier molecular flexibility index (Phi) is 3.76. The lowest BCUT2D eigenvalue weighted by Crippen LogP contribution is -2.15. The molecule has 0 aliphatic heterocycles. The van der Waals surface area contributed by atoms with E-state index in [0.29, 0.717) is 5.56 Å². The molecule has 0 heterocycles. The van der Waals surface area contributed by atoms with Gasteiger partial charge in [-0.2, -0.15) is 0 Å². The number of halogens is 3. The molecule has 0 radical (unpaired) electrons. The van der Waals surface area contributed by atoms with Gasteiger partial charge in [-0.3, -0.25) is 0 Å². The topological polar surface area (TPSA) is 35.2 Å². The van der Waals surface area contributed by atoms with Crippen LogP contribution in [-0.2, 0) is 0 Å². The van der Waals surface area contributed by atoms with Gasteiger partial charge in [-0.15, -0.1) is 0 Å². The van der Waals surface area contributed by atoms with Crippen LogP contribution in [0.5, 0.6) is 5.75 Å². The van der Waals surface area contributed by atoms with E-state index in [1.165, 1.54) is 31.4 Å². The van der Waals surface area contributed by atoms with E-state index >= 15 is 0 Å². The van der Waals surface area contributed by atoms with Crippen LogP contribution in [0.1, 0.15) is 17.2 Å². The first-order chi connectivity index (χ1) is 9.02. The fraction of sp³-hybridized carbons (Fsp3) is 0.143. The summed E-state index contributed by atoms with van der Waals surface area (Å²) in [5, 5.41) is 0. The van der Waals surface area contributed by atoms with Crippen LogP contribution < -0.4 is 10.5 Å². The largest absolute Gasteiger partial charge is 0.497 e. The molecule has 2 rings (SSSR count). The number of ether oxygens (including phenoxy) is 1. The van der Waals surface area contributed by atoms with Crippen LogP contribution in [0.4, 0.5) is 13.2 Å². The highest BCUT2D eigenvalue weighted by atomic mass is 19.1. The average Bonchev–Trinajstić information content (AvgIpc) is 2.38. The Morgan fingerprint density at radius 1 is 1.00 bits per heavy atom. The molecule has 5 heteroatoms. The molecule has 2 N–H and O–H groups in total. The summed E-state index contributed by atoms with van der Waals surface area (Å²) in [7, 11) is 1.31. The molecule has 0 fully saturated rings. The molecule has 0 saturated carbocycles. The normalized spacial score (nSPS) is 12.3. The second-order valence-electron chi connectivity index (χ2n) is 4.03. The van der Waals surface area contributed by atoms with Crippen molar-refractivity contribution < 1.29 is 17.9 Å². The maximum absolute atomic E-state index is 13.8. The van der Waals surface area contributed by atoms with Crippen molar-refractivity contribution >= 4 is 0 Å². The highest BCUT2D eigenvalue weighted by molar-refractivity contribution is 5.37. The van der Waals surface area contributed by atoms with Crippen molar-refractivity contribution in [1.29, 1.82) is 0 Å². The molecule has 0 amide bonds.